The second kappa shape index (κ2) is 13.8. The maximum Gasteiger partial charge on any atom is 0.257 e. The molecule has 178 valence electrons. The van der Waals surface area contributed by atoms with E-state index in [0.717, 1.165) is 41.1 Å². The maximum absolute atomic E-state index is 6.52. The van der Waals surface area contributed by atoms with Crippen molar-refractivity contribution in [2.24, 2.45) is 5.73 Å². The van der Waals surface area contributed by atoms with Crippen molar-refractivity contribution in [2.45, 2.75) is 83.6 Å². The Bertz CT molecular complexity index is 954. The minimum Gasteiger partial charge on any atom is -0.496 e. The predicted molar refractivity (Wildman–Crippen MR) is 134 cm³/mol. The van der Waals surface area contributed by atoms with E-state index in [1.54, 1.807) is 7.11 Å². The molecule has 0 spiro atoms. The first kappa shape index (κ1) is 25.0. The van der Waals surface area contributed by atoms with E-state index in [1.807, 2.05) is 36.4 Å². The lowest BCUT2D eigenvalue weighted by atomic mass is 9.97. The normalized spacial score (nSPS) is 12.1. The van der Waals surface area contributed by atoms with Crippen LogP contribution < -0.4 is 10.5 Å². The van der Waals surface area contributed by atoms with Gasteiger partial charge in [-0.15, -0.1) is 0 Å². The van der Waals surface area contributed by atoms with Crippen molar-refractivity contribution in [3.05, 3.63) is 65.5 Å². The highest BCUT2D eigenvalue weighted by Crippen LogP contribution is 2.26. The number of aromatic nitrogens is 2. The molecule has 3 aromatic rings. The molecular formula is C28H39N3O2. The molecule has 33 heavy (non-hydrogen) atoms. The molecule has 0 amide bonds. The largest absolute Gasteiger partial charge is 0.496 e. The highest BCUT2D eigenvalue weighted by Gasteiger charge is 2.14. The van der Waals surface area contributed by atoms with Crippen LogP contribution in [-0.2, 0) is 12.8 Å². The van der Waals surface area contributed by atoms with Gasteiger partial charge >= 0.3 is 0 Å². The van der Waals surface area contributed by atoms with Gasteiger partial charge in [0.25, 0.3) is 5.89 Å². The Morgan fingerprint density at radius 2 is 1.64 bits per heavy atom. The summed E-state index contributed by atoms with van der Waals surface area (Å²) < 4.78 is 11.0. The van der Waals surface area contributed by atoms with Crippen LogP contribution in [0.15, 0.2) is 53.1 Å². The fourth-order valence-electron chi connectivity index (χ4n) is 4.20. The third kappa shape index (κ3) is 8.01. The van der Waals surface area contributed by atoms with Gasteiger partial charge in [-0.3, -0.25) is 0 Å². The number of nitrogens with zero attached hydrogens (tertiary/aromatic N) is 2. The Morgan fingerprint density at radius 1 is 0.909 bits per heavy atom. The van der Waals surface area contributed by atoms with E-state index in [0.29, 0.717) is 12.3 Å². The molecule has 1 atom stereocenters. The number of nitrogens with two attached hydrogens (primary N) is 1. The van der Waals surface area contributed by atoms with Gasteiger partial charge in [-0.25, -0.2) is 0 Å². The lowest BCUT2D eigenvalue weighted by Gasteiger charge is -2.15. The van der Waals surface area contributed by atoms with E-state index in [9.17, 15) is 0 Å². The van der Waals surface area contributed by atoms with Crippen molar-refractivity contribution in [3.8, 4) is 17.2 Å². The number of rotatable bonds is 15. The summed E-state index contributed by atoms with van der Waals surface area (Å²) in [5, 5.41) is 4.19. The molecule has 5 heteroatoms. The van der Waals surface area contributed by atoms with Crippen molar-refractivity contribution >= 4 is 0 Å². The first-order valence-electron chi connectivity index (χ1n) is 12.5. The van der Waals surface area contributed by atoms with E-state index >= 15 is 0 Å². The number of unbranched alkanes of at least 4 members (excludes halogenated alkanes) is 8. The molecule has 0 radical (unpaired) electrons. The quantitative estimate of drug-likeness (QED) is 0.251. The van der Waals surface area contributed by atoms with Gasteiger partial charge in [0.05, 0.1) is 7.11 Å². The van der Waals surface area contributed by atoms with Gasteiger partial charge in [0.15, 0.2) is 5.82 Å². The van der Waals surface area contributed by atoms with E-state index < -0.39 is 0 Å². The van der Waals surface area contributed by atoms with Crippen LogP contribution in [0.1, 0.15) is 87.7 Å². The van der Waals surface area contributed by atoms with Crippen molar-refractivity contribution in [2.75, 3.05) is 7.11 Å². The minimum atomic E-state index is -0.148. The van der Waals surface area contributed by atoms with Crippen LogP contribution in [0.25, 0.3) is 11.5 Å². The number of para-hydroxylation sites is 1. The highest BCUT2D eigenvalue weighted by molar-refractivity contribution is 5.54. The number of ether oxygens (including phenoxy) is 1. The Hall–Kier alpha value is -2.66. The summed E-state index contributed by atoms with van der Waals surface area (Å²) in [6.45, 7) is 2.26. The highest BCUT2D eigenvalue weighted by atomic mass is 16.5. The molecule has 1 unspecified atom stereocenters. The first-order valence-corrected chi connectivity index (χ1v) is 12.5. The summed E-state index contributed by atoms with van der Waals surface area (Å²) in [6, 6.07) is 15.9. The molecule has 0 bridgehead atoms. The zero-order valence-electron chi connectivity index (χ0n) is 20.3. The van der Waals surface area contributed by atoms with Gasteiger partial charge in [-0.05, 0) is 42.2 Å². The Balaban J connectivity index is 1.48. The average molecular weight is 450 g/mol. The average Bonchev–Trinajstić information content (AvgIpc) is 3.32. The van der Waals surface area contributed by atoms with Gasteiger partial charge in [-0.2, -0.15) is 4.98 Å². The number of hydrogen-bond donors (Lipinski definition) is 1. The monoisotopic (exact) mass is 449 g/mol. The van der Waals surface area contributed by atoms with E-state index in [1.165, 1.54) is 51.4 Å². The molecule has 1 heterocycles. The van der Waals surface area contributed by atoms with Crippen LogP contribution in [0.3, 0.4) is 0 Å². The molecule has 1 aromatic heterocycles. The minimum absolute atomic E-state index is 0.148. The Kier molecular flexibility index (Phi) is 10.4. The fourth-order valence-corrected chi connectivity index (χ4v) is 4.20. The summed E-state index contributed by atoms with van der Waals surface area (Å²) in [6.07, 6.45) is 13.3. The molecule has 0 aliphatic heterocycles. The molecule has 2 aromatic carbocycles. The zero-order chi connectivity index (χ0) is 23.3. The van der Waals surface area contributed by atoms with Gasteiger partial charge in [0.1, 0.15) is 5.75 Å². The number of benzene rings is 2. The Morgan fingerprint density at radius 3 is 2.39 bits per heavy atom. The van der Waals surface area contributed by atoms with Crippen molar-refractivity contribution < 1.29 is 9.26 Å². The second-order valence-corrected chi connectivity index (χ2v) is 8.84. The molecule has 0 aliphatic carbocycles. The van der Waals surface area contributed by atoms with E-state index in [-0.39, 0.29) is 6.04 Å². The fraction of sp³-hybridized carbons (Fsp3) is 0.500. The van der Waals surface area contributed by atoms with Gasteiger partial charge < -0.3 is 15.0 Å². The first-order chi connectivity index (χ1) is 16.2. The van der Waals surface area contributed by atoms with Gasteiger partial charge in [0.2, 0.25) is 0 Å². The predicted octanol–water partition coefficient (Wildman–Crippen LogP) is 7.06. The van der Waals surface area contributed by atoms with Crippen LogP contribution in [0, 0.1) is 0 Å². The van der Waals surface area contributed by atoms with E-state index in [4.69, 9.17) is 15.0 Å². The Labute approximate surface area is 198 Å². The lowest BCUT2D eigenvalue weighted by molar-refractivity contribution is 0.408. The third-order valence-electron chi connectivity index (χ3n) is 6.17. The molecule has 3 rings (SSSR count). The summed E-state index contributed by atoms with van der Waals surface area (Å²) in [5.41, 5.74) is 9.57. The van der Waals surface area contributed by atoms with Crippen LogP contribution in [0.5, 0.6) is 5.75 Å². The third-order valence-corrected chi connectivity index (χ3v) is 6.17. The molecule has 0 aliphatic rings. The summed E-state index contributed by atoms with van der Waals surface area (Å²) >= 11 is 0. The maximum atomic E-state index is 6.52. The standard InChI is InChI=1S/C28H39N3O2/c1-3-4-5-6-7-8-9-10-11-19-27-30-28(33-31-27)24-17-14-16-22(20-24)25(29)21-23-15-12-13-18-26(23)32-2/h12-18,20,25H,3-11,19,21,29H2,1-2H3. The molecule has 5 nitrogen and oxygen atoms in total. The van der Waals surface area contributed by atoms with Crippen LogP contribution in [0.4, 0.5) is 0 Å². The number of aryl methyl sites for hydroxylation is 1. The van der Waals surface area contributed by atoms with Crippen molar-refractivity contribution in [1.29, 1.82) is 0 Å². The number of hydrogen-bond acceptors (Lipinski definition) is 5. The second-order valence-electron chi connectivity index (χ2n) is 8.84. The van der Waals surface area contributed by atoms with E-state index in [2.05, 4.69) is 29.2 Å². The van der Waals surface area contributed by atoms with Crippen LogP contribution >= 0.6 is 0 Å². The molecular weight excluding hydrogens is 410 g/mol. The summed E-state index contributed by atoms with van der Waals surface area (Å²) in [5.74, 6) is 2.21. The molecule has 0 saturated carbocycles. The zero-order valence-corrected chi connectivity index (χ0v) is 20.3. The number of methoxy groups -OCH3 is 1. The van der Waals surface area contributed by atoms with Crippen LogP contribution in [0.2, 0.25) is 0 Å². The topological polar surface area (TPSA) is 74.2 Å². The van der Waals surface area contributed by atoms with Crippen molar-refractivity contribution in [3.63, 3.8) is 0 Å². The molecule has 2 N–H and O–H groups in total. The SMILES string of the molecule is CCCCCCCCCCCc1noc(-c2cccc(C(N)Cc3ccccc3OC)c2)n1. The molecule has 0 saturated heterocycles. The van der Waals surface area contributed by atoms with Gasteiger partial charge in [-0.1, -0.05) is 93.8 Å². The lowest BCUT2D eigenvalue weighted by Crippen LogP contribution is -2.14. The van der Waals surface area contributed by atoms with Crippen molar-refractivity contribution in [1.82, 2.24) is 10.1 Å². The van der Waals surface area contributed by atoms with Gasteiger partial charge in [0, 0.05) is 18.0 Å². The summed E-state index contributed by atoms with van der Waals surface area (Å²) in [7, 11) is 1.69. The summed E-state index contributed by atoms with van der Waals surface area (Å²) in [4.78, 5) is 4.62. The molecule has 0 fully saturated rings. The smallest absolute Gasteiger partial charge is 0.257 e. The van der Waals surface area contributed by atoms with Crippen LogP contribution in [-0.4, -0.2) is 17.3 Å².